The number of hydrogen-bond donors (Lipinski definition) is 1. The van der Waals surface area contributed by atoms with Gasteiger partial charge in [0.25, 0.3) is 11.8 Å². The molecule has 1 N–H and O–H groups in total. The number of anilines is 2. The SMILES string of the molecule is COc1ccc(OC)c(N2C(=O)C(Cl)=C(Nc3ccc(C(=O)Oc4ccc(C(C)(C)C)cc4)cc3)C2=O)c1. The number of rotatable bonds is 7. The summed E-state index contributed by atoms with van der Waals surface area (Å²) in [6.07, 6.45) is 0. The van der Waals surface area contributed by atoms with Gasteiger partial charge in [-0.15, -0.1) is 0 Å². The molecule has 8 nitrogen and oxygen atoms in total. The van der Waals surface area contributed by atoms with Crippen molar-refractivity contribution in [2.45, 2.75) is 26.2 Å². The highest BCUT2D eigenvalue weighted by Gasteiger charge is 2.40. The Bertz CT molecular complexity index is 1420. The molecule has 3 aromatic carbocycles. The van der Waals surface area contributed by atoms with Crippen LogP contribution in [0.1, 0.15) is 36.7 Å². The number of imide groups is 1. The number of esters is 1. The zero-order valence-corrected chi connectivity index (χ0v) is 22.4. The molecule has 0 spiro atoms. The van der Waals surface area contributed by atoms with Crippen molar-refractivity contribution < 1.29 is 28.6 Å². The second-order valence-electron chi connectivity index (χ2n) is 9.54. The van der Waals surface area contributed by atoms with Crippen molar-refractivity contribution in [1.82, 2.24) is 0 Å². The van der Waals surface area contributed by atoms with Gasteiger partial charge in [0.2, 0.25) is 0 Å². The van der Waals surface area contributed by atoms with E-state index in [0.717, 1.165) is 10.5 Å². The Morgan fingerprint density at radius 1 is 0.842 bits per heavy atom. The molecular formula is C29H27ClN2O6. The van der Waals surface area contributed by atoms with Crippen LogP contribution in [0, 0.1) is 0 Å². The minimum absolute atomic E-state index is 0.00786. The monoisotopic (exact) mass is 534 g/mol. The molecule has 0 fully saturated rings. The van der Waals surface area contributed by atoms with E-state index in [9.17, 15) is 14.4 Å². The predicted molar refractivity (Wildman–Crippen MR) is 145 cm³/mol. The predicted octanol–water partition coefficient (Wildman–Crippen LogP) is 5.66. The molecule has 1 heterocycles. The third-order valence-electron chi connectivity index (χ3n) is 5.98. The first kappa shape index (κ1) is 26.8. The van der Waals surface area contributed by atoms with Crippen LogP contribution in [0.5, 0.6) is 17.2 Å². The lowest BCUT2D eigenvalue weighted by Crippen LogP contribution is -2.32. The Kier molecular flexibility index (Phi) is 7.46. The summed E-state index contributed by atoms with van der Waals surface area (Å²) in [5, 5.41) is 2.61. The zero-order chi connectivity index (χ0) is 27.6. The Labute approximate surface area is 225 Å². The summed E-state index contributed by atoms with van der Waals surface area (Å²) in [5.74, 6) is -0.719. The molecular weight excluding hydrogens is 508 g/mol. The molecule has 4 rings (SSSR count). The molecule has 0 aliphatic carbocycles. The quantitative estimate of drug-likeness (QED) is 0.237. The first-order valence-electron chi connectivity index (χ1n) is 11.7. The van der Waals surface area contributed by atoms with Crippen LogP contribution in [0.2, 0.25) is 0 Å². The molecule has 3 aromatic rings. The van der Waals surface area contributed by atoms with Gasteiger partial charge >= 0.3 is 5.97 Å². The summed E-state index contributed by atoms with van der Waals surface area (Å²) >= 11 is 6.26. The highest BCUT2D eigenvalue weighted by Crippen LogP contribution is 2.38. The van der Waals surface area contributed by atoms with Gasteiger partial charge in [0.1, 0.15) is 28.0 Å². The average molecular weight is 535 g/mol. The fourth-order valence-electron chi connectivity index (χ4n) is 3.82. The maximum atomic E-state index is 13.2. The molecule has 0 radical (unpaired) electrons. The van der Waals surface area contributed by atoms with Crippen LogP contribution in [-0.4, -0.2) is 32.0 Å². The van der Waals surface area contributed by atoms with Gasteiger partial charge in [-0.05, 0) is 59.5 Å². The van der Waals surface area contributed by atoms with Gasteiger partial charge in [0, 0.05) is 11.8 Å². The summed E-state index contributed by atoms with van der Waals surface area (Å²) in [6, 6.07) is 18.4. The number of carbonyl (C=O) groups excluding carboxylic acids is 3. The van der Waals surface area contributed by atoms with Crippen LogP contribution in [0.25, 0.3) is 0 Å². The third-order valence-corrected chi connectivity index (χ3v) is 6.33. The van der Waals surface area contributed by atoms with E-state index in [1.165, 1.54) is 20.3 Å². The van der Waals surface area contributed by atoms with Crippen molar-refractivity contribution >= 4 is 40.8 Å². The van der Waals surface area contributed by atoms with E-state index < -0.39 is 17.8 Å². The second kappa shape index (κ2) is 10.6. The van der Waals surface area contributed by atoms with Crippen molar-refractivity contribution in [3.05, 3.63) is 88.6 Å². The van der Waals surface area contributed by atoms with Crippen LogP contribution in [0.3, 0.4) is 0 Å². The third kappa shape index (κ3) is 5.35. The Morgan fingerprint density at radius 2 is 1.47 bits per heavy atom. The van der Waals surface area contributed by atoms with Gasteiger partial charge in [0.05, 0.1) is 25.5 Å². The maximum absolute atomic E-state index is 13.2. The van der Waals surface area contributed by atoms with E-state index >= 15 is 0 Å². The molecule has 0 saturated carbocycles. The largest absolute Gasteiger partial charge is 0.497 e. The van der Waals surface area contributed by atoms with Gasteiger partial charge in [-0.25, -0.2) is 9.69 Å². The Hall–Kier alpha value is -4.30. The van der Waals surface area contributed by atoms with Gasteiger partial charge < -0.3 is 19.5 Å². The minimum Gasteiger partial charge on any atom is -0.497 e. The number of nitrogens with one attached hydrogen (secondary N) is 1. The summed E-state index contributed by atoms with van der Waals surface area (Å²) in [5.41, 5.74) is 1.98. The lowest BCUT2D eigenvalue weighted by atomic mass is 9.87. The van der Waals surface area contributed by atoms with Gasteiger partial charge in [-0.2, -0.15) is 0 Å². The molecule has 9 heteroatoms. The number of benzene rings is 3. The molecule has 38 heavy (non-hydrogen) atoms. The molecule has 1 aliphatic heterocycles. The van der Waals surface area contributed by atoms with Crippen LogP contribution in [0.15, 0.2) is 77.5 Å². The number of ether oxygens (including phenoxy) is 3. The summed E-state index contributed by atoms with van der Waals surface area (Å²) < 4.78 is 16.0. The van der Waals surface area contributed by atoms with E-state index in [2.05, 4.69) is 26.1 Å². The number of halogens is 1. The lowest BCUT2D eigenvalue weighted by Gasteiger charge is -2.19. The Balaban J connectivity index is 1.48. The van der Waals surface area contributed by atoms with E-state index in [0.29, 0.717) is 28.5 Å². The number of methoxy groups -OCH3 is 2. The van der Waals surface area contributed by atoms with Crippen LogP contribution < -0.4 is 24.4 Å². The average Bonchev–Trinajstić information content (AvgIpc) is 3.11. The molecule has 0 bridgehead atoms. The van der Waals surface area contributed by atoms with Crippen LogP contribution >= 0.6 is 11.6 Å². The van der Waals surface area contributed by atoms with Crippen LogP contribution in [-0.2, 0) is 15.0 Å². The van der Waals surface area contributed by atoms with Crippen molar-refractivity contribution in [3.8, 4) is 17.2 Å². The number of carbonyl (C=O) groups is 3. The Morgan fingerprint density at radius 3 is 2.05 bits per heavy atom. The molecule has 196 valence electrons. The maximum Gasteiger partial charge on any atom is 0.343 e. The number of nitrogens with zero attached hydrogens (tertiary/aromatic N) is 1. The van der Waals surface area contributed by atoms with Gasteiger partial charge in [-0.3, -0.25) is 9.59 Å². The minimum atomic E-state index is -0.705. The lowest BCUT2D eigenvalue weighted by molar-refractivity contribution is -0.120. The van der Waals surface area contributed by atoms with E-state index in [-0.39, 0.29) is 21.8 Å². The van der Waals surface area contributed by atoms with E-state index in [4.69, 9.17) is 25.8 Å². The van der Waals surface area contributed by atoms with Crippen LogP contribution in [0.4, 0.5) is 11.4 Å². The topological polar surface area (TPSA) is 94.2 Å². The van der Waals surface area contributed by atoms with E-state index in [1.807, 2.05) is 12.1 Å². The smallest absolute Gasteiger partial charge is 0.343 e. The highest BCUT2D eigenvalue weighted by atomic mass is 35.5. The van der Waals surface area contributed by atoms with Crippen molar-refractivity contribution in [3.63, 3.8) is 0 Å². The molecule has 0 aromatic heterocycles. The second-order valence-corrected chi connectivity index (χ2v) is 9.92. The van der Waals surface area contributed by atoms with Crippen molar-refractivity contribution in [2.75, 3.05) is 24.4 Å². The normalized spacial score (nSPS) is 13.6. The summed E-state index contributed by atoms with van der Waals surface area (Å²) in [4.78, 5) is 39.6. The molecule has 2 amide bonds. The summed E-state index contributed by atoms with van der Waals surface area (Å²) in [6.45, 7) is 6.32. The standard InChI is InChI=1S/C29H27ClN2O6/c1-29(2,3)18-8-12-20(13-9-18)38-28(35)17-6-10-19(11-7-17)31-25-24(30)26(33)32(27(25)34)22-16-21(36-4)14-15-23(22)37-5/h6-16,31H,1-5H3. The number of hydrogen-bond acceptors (Lipinski definition) is 7. The molecule has 0 saturated heterocycles. The number of amides is 2. The fourth-order valence-corrected chi connectivity index (χ4v) is 4.04. The first-order chi connectivity index (χ1) is 18.0. The van der Waals surface area contributed by atoms with E-state index in [1.54, 1.807) is 48.5 Å². The van der Waals surface area contributed by atoms with Gasteiger partial charge in [-0.1, -0.05) is 44.5 Å². The molecule has 1 aliphatic rings. The highest BCUT2D eigenvalue weighted by molar-refractivity contribution is 6.53. The first-order valence-corrected chi connectivity index (χ1v) is 12.1. The molecule has 0 atom stereocenters. The van der Waals surface area contributed by atoms with Gasteiger partial charge in [0.15, 0.2) is 0 Å². The fraction of sp³-hybridized carbons (Fsp3) is 0.207. The van der Waals surface area contributed by atoms with Crippen molar-refractivity contribution in [1.29, 1.82) is 0 Å². The van der Waals surface area contributed by atoms with Crippen molar-refractivity contribution in [2.24, 2.45) is 0 Å². The summed E-state index contributed by atoms with van der Waals surface area (Å²) in [7, 11) is 2.90. The zero-order valence-electron chi connectivity index (χ0n) is 21.6. The molecule has 0 unspecified atom stereocenters.